The van der Waals surface area contributed by atoms with Crippen LogP contribution in [-0.2, 0) is 9.63 Å². The molecule has 0 amide bonds. The van der Waals surface area contributed by atoms with E-state index >= 15 is 0 Å². The number of hydrogen-bond donors (Lipinski definition) is 2. The van der Waals surface area contributed by atoms with E-state index < -0.39 is 5.97 Å². The zero-order chi connectivity index (χ0) is 17.6. The van der Waals surface area contributed by atoms with E-state index in [2.05, 4.69) is 10.1 Å². The molecule has 0 aliphatic carbocycles. The molecule has 2 aromatic rings. The maximum Gasteiger partial charge on any atom is 0.307 e. The molecule has 1 unspecified atom stereocenters. The van der Waals surface area contributed by atoms with Crippen LogP contribution in [0.3, 0.4) is 0 Å². The van der Waals surface area contributed by atoms with Crippen molar-refractivity contribution in [1.29, 1.82) is 0 Å². The van der Waals surface area contributed by atoms with Crippen LogP contribution in [0, 0.1) is 5.92 Å². The third kappa shape index (κ3) is 4.28. The molecule has 0 bridgehead atoms. The Balaban J connectivity index is 1.53. The van der Waals surface area contributed by atoms with Crippen LogP contribution in [0.4, 0.5) is 0 Å². The summed E-state index contributed by atoms with van der Waals surface area (Å²) in [4.78, 5) is 18.5. The molecule has 3 rings (SSSR count). The quantitative estimate of drug-likeness (QED) is 0.479. The van der Waals surface area contributed by atoms with Crippen LogP contribution in [0.15, 0.2) is 41.6 Å². The van der Waals surface area contributed by atoms with Gasteiger partial charge in [-0.3, -0.25) is 9.69 Å². The molecule has 2 aromatic carbocycles. The van der Waals surface area contributed by atoms with Crippen molar-refractivity contribution in [1.82, 2.24) is 4.90 Å². The predicted molar refractivity (Wildman–Crippen MR) is 96.0 cm³/mol. The molecule has 6 heteroatoms. The summed E-state index contributed by atoms with van der Waals surface area (Å²) >= 11 is 0. The number of benzene rings is 2. The van der Waals surface area contributed by atoms with E-state index in [1.807, 2.05) is 24.3 Å². The van der Waals surface area contributed by atoms with Gasteiger partial charge in [0.05, 0.1) is 12.1 Å². The average molecular weight is 342 g/mol. The van der Waals surface area contributed by atoms with Gasteiger partial charge in [0.2, 0.25) is 0 Å². The fourth-order valence-electron chi connectivity index (χ4n) is 3.20. The first-order valence-corrected chi connectivity index (χ1v) is 8.46. The zero-order valence-corrected chi connectivity index (χ0v) is 14.0. The first kappa shape index (κ1) is 17.2. The van der Waals surface area contributed by atoms with Gasteiger partial charge in [0.15, 0.2) is 0 Å². The molecule has 132 valence electrons. The summed E-state index contributed by atoms with van der Waals surface area (Å²) in [5.41, 5.74) is 0.873. The average Bonchev–Trinajstić information content (AvgIpc) is 2.63. The largest absolute Gasteiger partial charge is 0.507 e. The molecule has 25 heavy (non-hydrogen) atoms. The van der Waals surface area contributed by atoms with Gasteiger partial charge in [-0.2, -0.15) is 0 Å². The Labute approximate surface area is 146 Å². The molecule has 0 radical (unpaired) electrons. The molecule has 1 atom stereocenters. The van der Waals surface area contributed by atoms with Crippen LogP contribution in [0.25, 0.3) is 10.8 Å². The summed E-state index contributed by atoms with van der Waals surface area (Å²) in [5, 5.41) is 24.7. The Bertz CT molecular complexity index is 775. The van der Waals surface area contributed by atoms with Crippen molar-refractivity contribution in [3.8, 4) is 5.75 Å². The molecular weight excluding hydrogens is 320 g/mol. The fourth-order valence-corrected chi connectivity index (χ4v) is 3.20. The minimum atomic E-state index is -0.720. The number of carboxylic acids is 1. The molecule has 0 spiro atoms. The first-order valence-electron chi connectivity index (χ1n) is 8.46. The summed E-state index contributed by atoms with van der Waals surface area (Å²) in [7, 11) is 0. The molecule has 2 N–H and O–H groups in total. The van der Waals surface area contributed by atoms with E-state index in [9.17, 15) is 9.90 Å². The normalized spacial score (nSPS) is 18.6. The minimum absolute atomic E-state index is 0.242. The first-order chi connectivity index (χ1) is 12.1. The Morgan fingerprint density at radius 2 is 2.08 bits per heavy atom. The summed E-state index contributed by atoms with van der Waals surface area (Å²) < 4.78 is 0. The van der Waals surface area contributed by atoms with Crippen LogP contribution in [0.5, 0.6) is 5.75 Å². The summed E-state index contributed by atoms with van der Waals surface area (Å²) in [6.45, 7) is 2.56. The van der Waals surface area contributed by atoms with Crippen molar-refractivity contribution in [2.24, 2.45) is 11.1 Å². The van der Waals surface area contributed by atoms with Gasteiger partial charge in [-0.25, -0.2) is 0 Å². The Hall–Kier alpha value is -2.60. The standard InChI is InChI=1S/C19H22N2O4/c22-18-8-7-14(16-5-1-2-6-17(16)18)12-20-25-11-10-21-9-3-4-15(13-21)19(23)24/h1-2,5-8,12,15,22H,3-4,9-11,13H2,(H,23,24)/b20-12+. The number of fused-ring (bicyclic) bond motifs is 1. The molecule has 1 aliphatic heterocycles. The van der Waals surface area contributed by atoms with E-state index in [1.165, 1.54) is 0 Å². The highest BCUT2D eigenvalue weighted by molar-refractivity contribution is 6.02. The van der Waals surface area contributed by atoms with E-state index in [-0.39, 0.29) is 11.7 Å². The Kier molecular flexibility index (Phi) is 5.50. The summed E-state index contributed by atoms with van der Waals surface area (Å²) in [5.74, 6) is -0.754. The Morgan fingerprint density at radius 1 is 1.28 bits per heavy atom. The van der Waals surface area contributed by atoms with Gasteiger partial charge in [-0.05, 0) is 36.9 Å². The maximum absolute atomic E-state index is 11.1. The van der Waals surface area contributed by atoms with Crippen LogP contribution in [0.2, 0.25) is 0 Å². The fraction of sp³-hybridized carbons (Fsp3) is 0.368. The molecule has 0 aromatic heterocycles. The molecular formula is C19H22N2O4. The van der Waals surface area contributed by atoms with Crippen LogP contribution in [0.1, 0.15) is 18.4 Å². The number of phenols is 1. The minimum Gasteiger partial charge on any atom is -0.507 e. The number of carboxylic acid groups (broad SMARTS) is 1. The number of piperidine rings is 1. The molecule has 6 nitrogen and oxygen atoms in total. The number of phenolic OH excluding ortho intramolecular Hbond substituents is 1. The molecule has 1 fully saturated rings. The van der Waals surface area contributed by atoms with Gasteiger partial charge < -0.3 is 15.1 Å². The monoisotopic (exact) mass is 342 g/mol. The van der Waals surface area contributed by atoms with Crippen molar-refractivity contribution >= 4 is 23.0 Å². The third-order valence-electron chi connectivity index (χ3n) is 4.55. The van der Waals surface area contributed by atoms with Crippen LogP contribution in [-0.4, -0.2) is 53.5 Å². The van der Waals surface area contributed by atoms with Gasteiger partial charge in [0.25, 0.3) is 0 Å². The highest BCUT2D eigenvalue weighted by atomic mass is 16.6. The number of nitrogens with zero attached hydrogens (tertiary/aromatic N) is 2. The maximum atomic E-state index is 11.1. The highest BCUT2D eigenvalue weighted by Gasteiger charge is 2.24. The number of oxime groups is 1. The van der Waals surface area contributed by atoms with Crippen LogP contribution >= 0.6 is 0 Å². The number of hydrogen-bond acceptors (Lipinski definition) is 5. The molecule has 1 heterocycles. The second kappa shape index (κ2) is 7.98. The van der Waals surface area contributed by atoms with Gasteiger partial charge >= 0.3 is 5.97 Å². The zero-order valence-electron chi connectivity index (χ0n) is 14.0. The molecule has 1 aliphatic rings. The van der Waals surface area contributed by atoms with Crippen molar-refractivity contribution < 1.29 is 19.8 Å². The second-order valence-corrected chi connectivity index (χ2v) is 6.27. The topological polar surface area (TPSA) is 82.4 Å². The third-order valence-corrected chi connectivity index (χ3v) is 4.55. The highest BCUT2D eigenvalue weighted by Crippen LogP contribution is 2.26. The second-order valence-electron chi connectivity index (χ2n) is 6.27. The van der Waals surface area contributed by atoms with E-state index in [0.29, 0.717) is 19.7 Å². The summed E-state index contributed by atoms with van der Waals surface area (Å²) in [6.07, 6.45) is 3.29. The Morgan fingerprint density at radius 3 is 2.88 bits per heavy atom. The van der Waals surface area contributed by atoms with E-state index in [0.717, 1.165) is 35.7 Å². The predicted octanol–water partition coefficient (Wildman–Crippen LogP) is 2.69. The summed E-state index contributed by atoms with van der Waals surface area (Å²) in [6, 6.07) is 11.0. The molecule has 1 saturated heterocycles. The van der Waals surface area contributed by atoms with Gasteiger partial charge in [0.1, 0.15) is 12.4 Å². The van der Waals surface area contributed by atoms with Crippen molar-refractivity contribution in [2.75, 3.05) is 26.2 Å². The lowest BCUT2D eigenvalue weighted by molar-refractivity contribution is -0.143. The van der Waals surface area contributed by atoms with Gasteiger partial charge in [0, 0.05) is 24.0 Å². The molecule has 0 saturated carbocycles. The van der Waals surface area contributed by atoms with Gasteiger partial charge in [-0.15, -0.1) is 0 Å². The number of rotatable bonds is 6. The van der Waals surface area contributed by atoms with E-state index in [4.69, 9.17) is 9.94 Å². The van der Waals surface area contributed by atoms with Crippen LogP contribution < -0.4 is 0 Å². The number of carbonyl (C=O) groups is 1. The lowest BCUT2D eigenvalue weighted by atomic mass is 9.98. The number of likely N-dealkylation sites (tertiary alicyclic amines) is 1. The number of aromatic hydroxyl groups is 1. The van der Waals surface area contributed by atoms with Gasteiger partial charge in [-0.1, -0.05) is 29.4 Å². The SMILES string of the molecule is O=C(O)C1CCCN(CCO/N=C/c2ccc(O)c3ccccc23)C1. The lowest BCUT2D eigenvalue weighted by Gasteiger charge is -2.29. The van der Waals surface area contributed by atoms with Crippen molar-refractivity contribution in [3.05, 3.63) is 42.0 Å². The van der Waals surface area contributed by atoms with Crippen molar-refractivity contribution in [3.63, 3.8) is 0 Å². The lowest BCUT2D eigenvalue weighted by Crippen LogP contribution is -2.40. The smallest absolute Gasteiger partial charge is 0.307 e. The van der Waals surface area contributed by atoms with E-state index in [1.54, 1.807) is 18.3 Å². The number of aliphatic carboxylic acids is 1. The van der Waals surface area contributed by atoms with Crippen molar-refractivity contribution in [2.45, 2.75) is 12.8 Å².